The molecular weight excluding hydrogens is 630 g/mol. The number of fused-ring (bicyclic) bond motifs is 4. The first kappa shape index (κ1) is 28.1. The zero-order valence-corrected chi connectivity index (χ0v) is 25.0. The number of carbonyl (C=O) groups is 4. The number of hydrogen-bond acceptors (Lipinski definition) is 7. The zero-order valence-electron chi connectivity index (χ0n) is 23.4. The lowest BCUT2D eigenvalue weighted by molar-refractivity contribution is -0.384. The van der Waals surface area contributed by atoms with Crippen molar-refractivity contribution in [2.75, 3.05) is 9.80 Å². The molecule has 3 aromatic carbocycles. The van der Waals surface area contributed by atoms with Crippen LogP contribution in [0, 0.1) is 39.2 Å². The Hall–Kier alpha value is -4.64. The maximum absolute atomic E-state index is 14.4. The second-order valence-electron chi connectivity index (χ2n) is 12.0. The lowest BCUT2D eigenvalue weighted by atomic mass is 9.51. The summed E-state index contributed by atoms with van der Waals surface area (Å²) in [6, 6.07) is 18.9. The van der Waals surface area contributed by atoms with Gasteiger partial charge in [0.15, 0.2) is 0 Å². The van der Waals surface area contributed by atoms with E-state index in [2.05, 4.69) is 15.9 Å². The quantitative estimate of drug-likeness (QED) is 0.170. The predicted octanol–water partition coefficient (Wildman–Crippen LogP) is 5.50. The van der Waals surface area contributed by atoms with Gasteiger partial charge in [0.2, 0.25) is 23.6 Å². The molecule has 0 spiro atoms. The van der Waals surface area contributed by atoms with Crippen LogP contribution < -0.4 is 9.80 Å². The molecule has 2 aliphatic carbocycles. The molecule has 10 nitrogen and oxygen atoms in total. The van der Waals surface area contributed by atoms with E-state index in [0.29, 0.717) is 15.7 Å². The van der Waals surface area contributed by atoms with E-state index in [9.17, 15) is 34.4 Å². The predicted molar refractivity (Wildman–Crippen MR) is 162 cm³/mol. The molecule has 3 fully saturated rings. The number of rotatable bonds is 4. The Morgan fingerprint density at radius 1 is 0.886 bits per heavy atom. The van der Waals surface area contributed by atoms with E-state index in [4.69, 9.17) is 0 Å². The number of carbonyl (C=O) groups excluding carboxylic acids is 4. The first-order valence-electron chi connectivity index (χ1n) is 14.3. The second kappa shape index (κ2) is 9.95. The van der Waals surface area contributed by atoms with Crippen LogP contribution >= 0.6 is 15.9 Å². The van der Waals surface area contributed by atoms with Crippen LogP contribution in [0.1, 0.15) is 31.2 Å². The molecule has 2 saturated heterocycles. The fourth-order valence-electron chi connectivity index (χ4n) is 7.92. The van der Waals surface area contributed by atoms with Gasteiger partial charge in [-0.3, -0.25) is 34.2 Å². The number of nitrogens with zero attached hydrogens (tertiary/aromatic N) is 3. The molecule has 7 rings (SSSR count). The van der Waals surface area contributed by atoms with Gasteiger partial charge < -0.3 is 5.11 Å². The maximum Gasteiger partial charge on any atom is 0.269 e. The number of non-ortho nitro benzene ring substituents is 1. The Morgan fingerprint density at radius 2 is 1.57 bits per heavy atom. The highest BCUT2D eigenvalue weighted by atomic mass is 79.9. The summed E-state index contributed by atoms with van der Waals surface area (Å²) < 4.78 is 0.676. The summed E-state index contributed by atoms with van der Waals surface area (Å²) >= 11 is 3.49. The molecule has 2 heterocycles. The third-order valence-electron chi connectivity index (χ3n) is 9.91. The molecule has 0 radical (unpaired) electrons. The number of benzene rings is 3. The number of phenolic OH excluding ortho intramolecular Hbond substituents is 1. The Morgan fingerprint density at radius 3 is 2.25 bits per heavy atom. The van der Waals surface area contributed by atoms with Gasteiger partial charge in [-0.15, -0.1) is 0 Å². The molecule has 11 heteroatoms. The Balaban J connectivity index is 1.36. The fraction of sp³-hybridized carbons (Fsp3) is 0.273. The van der Waals surface area contributed by atoms with Crippen molar-refractivity contribution in [3.05, 3.63) is 105 Å². The minimum absolute atomic E-state index is 0.0402. The summed E-state index contributed by atoms with van der Waals surface area (Å²) in [6.45, 7) is 1.76. The molecular formula is C33H26BrN3O7. The van der Waals surface area contributed by atoms with E-state index in [1.165, 1.54) is 35.2 Å². The molecule has 0 aromatic heterocycles. The fourth-order valence-corrected chi connectivity index (χ4v) is 8.30. The molecule has 6 atom stereocenters. The van der Waals surface area contributed by atoms with Crippen LogP contribution in [0.2, 0.25) is 0 Å². The summed E-state index contributed by atoms with van der Waals surface area (Å²) in [5, 5.41) is 22.3. The van der Waals surface area contributed by atoms with Gasteiger partial charge >= 0.3 is 0 Å². The van der Waals surface area contributed by atoms with Crippen molar-refractivity contribution in [3.8, 4) is 5.75 Å². The number of allylic oxidation sites excluding steroid dienone is 2. The SMILES string of the molecule is C[C@@]12C(=O)N(c3ccccc3)C(=O)[C@@H]1C[C@@H]1C(=CC[C@@H]3C(=O)N(c4ccc([N+](=O)[O-])cc4)C(=O)[C@@H]31)[C@@H]2c1cc(Br)ccc1O. The molecule has 4 aliphatic rings. The van der Waals surface area contributed by atoms with Crippen LogP contribution in [0.15, 0.2) is 88.9 Å². The van der Waals surface area contributed by atoms with Crippen molar-refractivity contribution in [1.82, 2.24) is 0 Å². The summed E-state index contributed by atoms with van der Waals surface area (Å²) in [7, 11) is 0. The summed E-state index contributed by atoms with van der Waals surface area (Å²) in [6.07, 6.45) is 2.32. The third kappa shape index (κ3) is 3.84. The van der Waals surface area contributed by atoms with Crippen LogP contribution in [0.5, 0.6) is 5.75 Å². The highest BCUT2D eigenvalue weighted by molar-refractivity contribution is 9.10. The number of hydrogen-bond donors (Lipinski definition) is 1. The second-order valence-corrected chi connectivity index (χ2v) is 12.9. The molecule has 2 aliphatic heterocycles. The van der Waals surface area contributed by atoms with Crippen LogP contribution in [0.4, 0.5) is 17.1 Å². The number of nitro benzene ring substituents is 1. The van der Waals surface area contributed by atoms with E-state index in [1.54, 1.807) is 49.4 Å². The monoisotopic (exact) mass is 655 g/mol. The number of para-hydroxylation sites is 1. The highest BCUT2D eigenvalue weighted by Gasteiger charge is 2.68. The van der Waals surface area contributed by atoms with Gasteiger partial charge in [-0.25, -0.2) is 4.90 Å². The minimum atomic E-state index is -1.27. The van der Waals surface area contributed by atoms with Crippen molar-refractivity contribution in [2.24, 2.45) is 29.1 Å². The standard InChI is InChI=1S/C33H26BrN3O7/c1-33-25(30(40)36(32(33)42)18-5-3-2-4-6-18)16-23-21(28(33)24-15-17(34)7-14-26(24)38)12-13-22-27(23)31(41)35(29(22)39)19-8-10-20(11-9-19)37(43)44/h2-12,14-15,22-23,25,27-28,38H,13,16H2,1H3/t22-,23+,25-,27-,28+,33+/m0/s1. The Kier molecular flexibility index (Phi) is 6.36. The Bertz CT molecular complexity index is 1810. The average Bonchev–Trinajstić information content (AvgIpc) is 3.38. The summed E-state index contributed by atoms with van der Waals surface area (Å²) in [5.74, 6) is -5.26. The van der Waals surface area contributed by atoms with Gasteiger partial charge in [0, 0.05) is 28.1 Å². The molecule has 1 N–H and O–H groups in total. The molecule has 222 valence electrons. The number of halogens is 1. The molecule has 3 aromatic rings. The molecule has 0 unspecified atom stereocenters. The van der Waals surface area contributed by atoms with Gasteiger partial charge in [0.05, 0.1) is 39.5 Å². The van der Waals surface area contributed by atoms with Crippen molar-refractivity contribution in [3.63, 3.8) is 0 Å². The molecule has 0 bridgehead atoms. The molecule has 44 heavy (non-hydrogen) atoms. The topological polar surface area (TPSA) is 138 Å². The molecule has 1 saturated carbocycles. The number of amides is 4. The van der Waals surface area contributed by atoms with Gasteiger partial charge in [-0.1, -0.05) is 45.8 Å². The van der Waals surface area contributed by atoms with Crippen molar-refractivity contribution >= 4 is 56.6 Å². The van der Waals surface area contributed by atoms with E-state index in [0.717, 1.165) is 10.5 Å². The lowest BCUT2D eigenvalue weighted by Crippen LogP contribution is -2.48. The molecule has 4 amide bonds. The number of aromatic hydroxyl groups is 1. The highest BCUT2D eigenvalue weighted by Crippen LogP contribution is 2.64. The van der Waals surface area contributed by atoms with Crippen molar-refractivity contribution in [2.45, 2.75) is 25.7 Å². The van der Waals surface area contributed by atoms with Gasteiger partial charge in [-0.2, -0.15) is 0 Å². The lowest BCUT2D eigenvalue weighted by Gasteiger charge is -2.49. The minimum Gasteiger partial charge on any atom is -0.508 e. The largest absolute Gasteiger partial charge is 0.508 e. The first-order chi connectivity index (χ1) is 21.0. The summed E-state index contributed by atoms with van der Waals surface area (Å²) in [4.78, 5) is 69.3. The number of phenols is 1. The van der Waals surface area contributed by atoms with Crippen molar-refractivity contribution < 1.29 is 29.2 Å². The van der Waals surface area contributed by atoms with E-state index < -0.39 is 51.7 Å². The van der Waals surface area contributed by atoms with E-state index >= 15 is 0 Å². The number of anilines is 2. The van der Waals surface area contributed by atoms with Crippen LogP contribution in [-0.4, -0.2) is 33.7 Å². The average molecular weight is 656 g/mol. The van der Waals surface area contributed by atoms with Gasteiger partial charge in [0.1, 0.15) is 5.75 Å². The van der Waals surface area contributed by atoms with Crippen LogP contribution in [-0.2, 0) is 19.2 Å². The number of nitro groups is 1. The number of imide groups is 2. The van der Waals surface area contributed by atoms with E-state index in [1.807, 2.05) is 6.08 Å². The normalized spacial score (nSPS) is 29.3. The van der Waals surface area contributed by atoms with Crippen molar-refractivity contribution in [1.29, 1.82) is 0 Å². The van der Waals surface area contributed by atoms with E-state index in [-0.39, 0.29) is 41.8 Å². The van der Waals surface area contributed by atoms with Crippen LogP contribution in [0.25, 0.3) is 0 Å². The maximum atomic E-state index is 14.4. The van der Waals surface area contributed by atoms with Crippen LogP contribution in [0.3, 0.4) is 0 Å². The smallest absolute Gasteiger partial charge is 0.269 e. The summed E-state index contributed by atoms with van der Waals surface area (Å²) in [5.41, 5.74) is 0.462. The van der Waals surface area contributed by atoms with Gasteiger partial charge in [-0.05, 0) is 68.1 Å². The van der Waals surface area contributed by atoms with Gasteiger partial charge in [0.25, 0.3) is 5.69 Å². The first-order valence-corrected chi connectivity index (χ1v) is 15.1. The Labute approximate surface area is 260 Å². The third-order valence-corrected chi connectivity index (χ3v) is 10.4. The zero-order chi connectivity index (χ0) is 31.1.